The summed E-state index contributed by atoms with van der Waals surface area (Å²) >= 11 is 0. The third-order valence-electron chi connectivity index (χ3n) is 3.58. The zero-order chi connectivity index (χ0) is 18.0. The van der Waals surface area contributed by atoms with E-state index in [-0.39, 0.29) is 11.9 Å². The van der Waals surface area contributed by atoms with Crippen LogP contribution in [0.3, 0.4) is 0 Å². The number of aliphatic hydroxyl groups is 2. The van der Waals surface area contributed by atoms with Gasteiger partial charge in [-0.15, -0.1) is 0 Å². The smallest absolute Gasteiger partial charge is 0.328 e. The molecule has 0 bridgehead atoms. The molecule has 0 saturated heterocycles. The first-order valence-electron chi connectivity index (χ1n) is 8.87. The monoisotopic (exact) mass is 336 g/mol. The van der Waals surface area contributed by atoms with E-state index in [1.807, 2.05) is 12.2 Å². The largest absolute Gasteiger partial charge is 0.508 e. The number of rotatable bonds is 14. The van der Waals surface area contributed by atoms with Gasteiger partial charge in [-0.2, -0.15) is 0 Å². The standard InChI is InChI=1S/C20H32O4/c1-2-3-4-5-6-9-13-18(21)14-10-7-8-11-15-19(22)16-12-17-20(23)24/h7-8,11-12,15-18,21-22H,2-6,9-10,13-14H2,1H3,(H,23,24)/b8-7-,15-11+,17-12+,19-16-/t18-/m0/s1. The summed E-state index contributed by atoms with van der Waals surface area (Å²) in [5.41, 5.74) is 0. The van der Waals surface area contributed by atoms with E-state index in [1.54, 1.807) is 6.08 Å². The Morgan fingerprint density at radius 3 is 2.33 bits per heavy atom. The van der Waals surface area contributed by atoms with Crippen molar-refractivity contribution in [3.8, 4) is 0 Å². The van der Waals surface area contributed by atoms with Crippen LogP contribution in [-0.4, -0.2) is 27.4 Å². The fourth-order valence-electron chi connectivity index (χ4n) is 2.21. The SMILES string of the molecule is CCCCCCCC[C@H](O)CC\C=C/C=C/C(O)=C/C=C/C(=O)O. The van der Waals surface area contributed by atoms with Crippen LogP contribution in [-0.2, 0) is 4.79 Å². The molecule has 0 spiro atoms. The fraction of sp³-hybridized carbons (Fsp3) is 0.550. The average molecular weight is 336 g/mol. The van der Waals surface area contributed by atoms with E-state index >= 15 is 0 Å². The van der Waals surface area contributed by atoms with Crippen molar-refractivity contribution in [2.75, 3.05) is 0 Å². The van der Waals surface area contributed by atoms with Crippen molar-refractivity contribution in [3.63, 3.8) is 0 Å². The lowest BCUT2D eigenvalue weighted by molar-refractivity contribution is -0.131. The molecule has 0 aliphatic rings. The molecular formula is C20H32O4. The molecule has 0 unspecified atom stereocenters. The molecule has 0 aromatic heterocycles. The maximum absolute atomic E-state index is 10.2. The van der Waals surface area contributed by atoms with Crippen LogP contribution in [0, 0.1) is 0 Å². The van der Waals surface area contributed by atoms with Crippen molar-refractivity contribution >= 4 is 5.97 Å². The first kappa shape index (κ1) is 22.2. The van der Waals surface area contributed by atoms with Crippen molar-refractivity contribution in [3.05, 3.63) is 48.3 Å². The highest BCUT2D eigenvalue weighted by Gasteiger charge is 2.02. The maximum Gasteiger partial charge on any atom is 0.328 e. The number of carbonyl (C=O) groups is 1. The Labute approximate surface area is 145 Å². The van der Waals surface area contributed by atoms with Gasteiger partial charge in [0.15, 0.2) is 0 Å². The molecule has 0 aromatic rings. The first-order valence-corrected chi connectivity index (χ1v) is 8.87. The maximum atomic E-state index is 10.2. The van der Waals surface area contributed by atoms with Gasteiger partial charge in [0.25, 0.3) is 0 Å². The molecule has 0 aliphatic heterocycles. The lowest BCUT2D eigenvalue weighted by atomic mass is 10.0. The molecule has 3 N–H and O–H groups in total. The van der Waals surface area contributed by atoms with Crippen LogP contribution >= 0.6 is 0 Å². The van der Waals surface area contributed by atoms with Gasteiger partial charge in [-0.05, 0) is 31.4 Å². The summed E-state index contributed by atoms with van der Waals surface area (Å²) in [7, 11) is 0. The number of hydrogen-bond acceptors (Lipinski definition) is 3. The molecule has 0 heterocycles. The molecule has 4 heteroatoms. The van der Waals surface area contributed by atoms with Crippen LogP contribution in [0.15, 0.2) is 48.3 Å². The van der Waals surface area contributed by atoms with Gasteiger partial charge in [-0.1, -0.05) is 69.8 Å². The number of aliphatic carboxylic acids is 1. The number of hydrogen-bond donors (Lipinski definition) is 3. The number of unbranched alkanes of at least 4 members (excludes halogenated alkanes) is 5. The van der Waals surface area contributed by atoms with Crippen molar-refractivity contribution in [1.82, 2.24) is 0 Å². The summed E-state index contributed by atoms with van der Waals surface area (Å²) in [6, 6.07) is 0. The summed E-state index contributed by atoms with van der Waals surface area (Å²) in [6.45, 7) is 2.21. The molecule has 0 fully saturated rings. The van der Waals surface area contributed by atoms with Gasteiger partial charge in [-0.25, -0.2) is 4.79 Å². The van der Waals surface area contributed by atoms with Gasteiger partial charge in [0.1, 0.15) is 5.76 Å². The van der Waals surface area contributed by atoms with E-state index in [1.165, 1.54) is 50.3 Å². The van der Waals surface area contributed by atoms with Crippen molar-refractivity contribution in [1.29, 1.82) is 0 Å². The van der Waals surface area contributed by atoms with Gasteiger partial charge in [0.05, 0.1) is 6.10 Å². The minimum Gasteiger partial charge on any atom is -0.508 e. The molecule has 4 nitrogen and oxygen atoms in total. The third kappa shape index (κ3) is 16.6. The summed E-state index contributed by atoms with van der Waals surface area (Å²) in [5.74, 6) is -1.07. The molecule has 0 amide bonds. The summed E-state index contributed by atoms with van der Waals surface area (Å²) in [5, 5.41) is 27.7. The van der Waals surface area contributed by atoms with Crippen LogP contribution < -0.4 is 0 Å². The van der Waals surface area contributed by atoms with Gasteiger partial charge in [0.2, 0.25) is 0 Å². The number of carboxylic acids is 1. The van der Waals surface area contributed by atoms with Gasteiger partial charge >= 0.3 is 5.97 Å². The van der Waals surface area contributed by atoms with Crippen LogP contribution in [0.1, 0.15) is 64.7 Å². The van der Waals surface area contributed by atoms with E-state index in [9.17, 15) is 15.0 Å². The Bertz CT molecular complexity index is 433. The Hall–Kier alpha value is -1.81. The van der Waals surface area contributed by atoms with Crippen molar-refractivity contribution in [2.24, 2.45) is 0 Å². The van der Waals surface area contributed by atoms with E-state index in [4.69, 9.17) is 5.11 Å². The lowest BCUT2D eigenvalue weighted by Gasteiger charge is -2.08. The van der Waals surface area contributed by atoms with Crippen LogP contribution in [0.4, 0.5) is 0 Å². The van der Waals surface area contributed by atoms with Gasteiger partial charge in [0, 0.05) is 6.08 Å². The highest BCUT2D eigenvalue weighted by molar-refractivity contribution is 5.80. The number of carboxylic acid groups (broad SMARTS) is 1. The Kier molecular flexibility index (Phi) is 14.9. The van der Waals surface area contributed by atoms with Gasteiger partial charge < -0.3 is 15.3 Å². The quantitative estimate of drug-likeness (QED) is 0.179. The lowest BCUT2D eigenvalue weighted by Crippen LogP contribution is -2.05. The van der Waals surface area contributed by atoms with E-state index < -0.39 is 5.97 Å². The predicted octanol–water partition coefficient (Wildman–Crippen LogP) is 5.07. The Morgan fingerprint density at radius 1 is 0.917 bits per heavy atom. The summed E-state index contributed by atoms with van der Waals surface area (Å²) in [4.78, 5) is 10.2. The highest BCUT2D eigenvalue weighted by atomic mass is 16.4. The van der Waals surface area contributed by atoms with Crippen molar-refractivity contribution in [2.45, 2.75) is 70.8 Å². The van der Waals surface area contributed by atoms with Crippen LogP contribution in [0.2, 0.25) is 0 Å². The van der Waals surface area contributed by atoms with E-state index in [2.05, 4.69) is 6.92 Å². The minimum absolute atomic E-state index is 0.0137. The average Bonchev–Trinajstić information content (AvgIpc) is 2.53. The second kappa shape index (κ2) is 16.1. The first-order chi connectivity index (χ1) is 11.6. The molecular weight excluding hydrogens is 304 g/mol. The molecule has 136 valence electrons. The molecule has 0 rings (SSSR count). The summed E-state index contributed by atoms with van der Waals surface area (Å²) < 4.78 is 0. The normalized spacial score (nSPS) is 14.2. The molecule has 0 saturated carbocycles. The van der Waals surface area contributed by atoms with E-state index in [0.29, 0.717) is 0 Å². The molecule has 0 aromatic carbocycles. The molecule has 24 heavy (non-hydrogen) atoms. The van der Waals surface area contributed by atoms with Crippen molar-refractivity contribution < 1.29 is 20.1 Å². The molecule has 0 aliphatic carbocycles. The number of allylic oxidation sites excluding steroid dienone is 6. The zero-order valence-electron chi connectivity index (χ0n) is 14.7. The predicted molar refractivity (Wildman–Crippen MR) is 99.0 cm³/mol. The topological polar surface area (TPSA) is 77.8 Å². The van der Waals surface area contributed by atoms with Crippen LogP contribution in [0.25, 0.3) is 0 Å². The molecule has 1 atom stereocenters. The summed E-state index contributed by atoms with van der Waals surface area (Å²) in [6.07, 6.45) is 20.1. The second-order valence-corrected chi connectivity index (χ2v) is 5.86. The Morgan fingerprint density at radius 2 is 1.62 bits per heavy atom. The minimum atomic E-state index is -1.05. The van der Waals surface area contributed by atoms with Gasteiger partial charge in [-0.3, -0.25) is 0 Å². The third-order valence-corrected chi connectivity index (χ3v) is 3.58. The molecule has 0 radical (unpaired) electrons. The Balaban J connectivity index is 3.72. The zero-order valence-corrected chi connectivity index (χ0v) is 14.7. The number of aliphatic hydroxyl groups excluding tert-OH is 2. The highest BCUT2D eigenvalue weighted by Crippen LogP contribution is 2.11. The fourth-order valence-corrected chi connectivity index (χ4v) is 2.21. The van der Waals surface area contributed by atoms with Crippen LogP contribution in [0.5, 0.6) is 0 Å². The van der Waals surface area contributed by atoms with E-state index in [0.717, 1.165) is 31.8 Å². The second-order valence-electron chi connectivity index (χ2n) is 5.86.